The van der Waals surface area contributed by atoms with E-state index < -0.39 is 0 Å². The van der Waals surface area contributed by atoms with Gasteiger partial charge in [-0.25, -0.2) is 0 Å². The van der Waals surface area contributed by atoms with Gasteiger partial charge in [0.15, 0.2) is 0 Å². The number of rotatable bonds is 7. The molecule has 0 aromatic heterocycles. The number of amides is 1. The lowest BCUT2D eigenvalue weighted by Crippen LogP contribution is -2.51. The molecule has 0 aliphatic carbocycles. The van der Waals surface area contributed by atoms with Crippen LogP contribution in [0.15, 0.2) is 30.3 Å². The van der Waals surface area contributed by atoms with Crippen LogP contribution >= 0.6 is 0 Å². The Morgan fingerprint density at radius 3 is 2.50 bits per heavy atom. The number of benzene rings is 1. The Labute approximate surface area is 171 Å². The molecule has 2 aliphatic rings. The molecule has 1 atom stereocenters. The van der Waals surface area contributed by atoms with E-state index in [1.54, 1.807) is 0 Å². The van der Waals surface area contributed by atoms with E-state index in [-0.39, 0.29) is 5.92 Å². The van der Waals surface area contributed by atoms with Crippen LogP contribution in [0.2, 0.25) is 0 Å². The molecule has 0 saturated carbocycles. The average molecular weight is 386 g/mol. The second kappa shape index (κ2) is 10.4. The molecule has 0 radical (unpaired) electrons. The maximum atomic E-state index is 12.8. The van der Waals surface area contributed by atoms with Crippen molar-refractivity contribution in [3.63, 3.8) is 0 Å². The van der Waals surface area contributed by atoms with Crippen molar-refractivity contribution >= 4 is 5.91 Å². The summed E-state index contributed by atoms with van der Waals surface area (Å²) in [6.45, 7) is 10.9. The number of carbonyl (C=O) groups is 1. The van der Waals surface area contributed by atoms with Crippen LogP contribution in [0.4, 0.5) is 0 Å². The normalized spacial score (nSPS) is 22.5. The molecule has 28 heavy (non-hydrogen) atoms. The van der Waals surface area contributed by atoms with Gasteiger partial charge in [-0.3, -0.25) is 9.69 Å². The van der Waals surface area contributed by atoms with Gasteiger partial charge in [-0.2, -0.15) is 0 Å². The first kappa shape index (κ1) is 21.3. The predicted molar refractivity (Wildman–Crippen MR) is 116 cm³/mol. The molecule has 1 aromatic rings. The molecular weight excluding hydrogens is 346 g/mol. The largest absolute Gasteiger partial charge is 0.345 e. The van der Waals surface area contributed by atoms with Crippen molar-refractivity contribution < 1.29 is 4.79 Å². The summed E-state index contributed by atoms with van der Waals surface area (Å²) in [5, 5.41) is 0. The molecule has 0 unspecified atom stereocenters. The van der Waals surface area contributed by atoms with Gasteiger partial charge in [0.05, 0.1) is 5.92 Å². The Morgan fingerprint density at radius 1 is 1.11 bits per heavy atom. The van der Waals surface area contributed by atoms with E-state index in [1.165, 1.54) is 44.5 Å². The summed E-state index contributed by atoms with van der Waals surface area (Å²) in [6, 6.07) is 11.5. The van der Waals surface area contributed by atoms with Crippen LogP contribution in [0.1, 0.15) is 45.1 Å². The highest BCUT2D eigenvalue weighted by atomic mass is 16.2. The summed E-state index contributed by atoms with van der Waals surface area (Å²) >= 11 is 0. The SMILES string of the molecule is CC(C)CN(C)C(=O)[C@H]1CCCN(C2CCN(CCc3ccccc3)CC2)C1. The van der Waals surface area contributed by atoms with E-state index in [2.05, 4.69) is 54.0 Å². The van der Waals surface area contributed by atoms with Crippen LogP contribution in [0.25, 0.3) is 0 Å². The monoisotopic (exact) mass is 385 g/mol. The van der Waals surface area contributed by atoms with Gasteiger partial charge in [-0.05, 0) is 63.2 Å². The topological polar surface area (TPSA) is 26.8 Å². The van der Waals surface area contributed by atoms with Gasteiger partial charge in [0.25, 0.3) is 0 Å². The van der Waals surface area contributed by atoms with Crippen molar-refractivity contribution in [2.24, 2.45) is 11.8 Å². The summed E-state index contributed by atoms with van der Waals surface area (Å²) < 4.78 is 0. The van der Waals surface area contributed by atoms with Gasteiger partial charge in [-0.1, -0.05) is 44.2 Å². The van der Waals surface area contributed by atoms with Gasteiger partial charge in [0, 0.05) is 32.7 Å². The first-order valence-electron chi connectivity index (χ1n) is 11.3. The van der Waals surface area contributed by atoms with Gasteiger partial charge in [0.1, 0.15) is 0 Å². The Hall–Kier alpha value is -1.39. The fraction of sp³-hybridized carbons (Fsp3) is 0.708. The van der Waals surface area contributed by atoms with Crippen molar-refractivity contribution in [1.82, 2.24) is 14.7 Å². The zero-order chi connectivity index (χ0) is 19.9. The summed E-state index contributed by atoms with van der Waals surface area (Å²) in [6.07, 6.45) is 5.87. The molecule has 2 fully saturated rings. The molecule has 2 saturated heterocycles. The molecule has 0 bridgehead atoms. The summed E-state index contributed by atoms with van der Waals surface area (Å²) in [7, 11) is 1.98. The van der Waals surface area contributed by atoms with Crippen LogP contribution in [0.3, 0.4) is 0 Å². The molecule has 0 spiro atoms. The second-order valence-electron chi connectivity index (χ2n) is 9.26. The minimum absolute atomic E-state index is 0.202. The van der Waals surface area contributed by atoms with Crippen LogP contribution in [0.5, 0.6) is 0 Å². The first-order valence-corrected chi connectivity index (χ1v) is 11.3. The van der Waals surface area contributed by atoms with Crippen molar-refractivity contribution in [1.29, 1.82) is 0 Å². The zero-order valence-corrected chi connectivity index (χ0v) is 18.1. The molecule has 4 nitrogen and oxygen atoms in total. The number of likely N-dealkylation sites (tertiary alicyclic amines) is 2. The maximum Gasteiger partial charge on any atom is 0.226 e. The third kappa shape index (κ3) is 6.05. The standard InChI is InChI=1S/C24H39N3O/c1-20(2)18-25(3)24(28)22-10-7-14-27(19-22)23-12-16-26(17-13-23)15-11-21-8-5-4-6-9-21/h4-6,8-9,20,22-23H,7,10-19H2,1-3H3/t22-/m0/s1. The van der Waals surface area contributed by atoms with Gasteiger partial charge >= 0.3 is 0 Å². The quantitative estimate of drug-likeness (QED) is 0.718. The Kier molecular flexibility index (Phi) is 7.92. The summed E-state index contributed by atoms with van der Waals surface area (Å²) in [5.41, 5.74) is 1.44. The molecule has 3 rings (SSSR count). The number of piperidine rings is 2. The Balaban J connectivity index is 1.43. The van der Waals surface area contributed by atoms with Gasteiger partial charge in [0.2, 0.25) is 5.91 Å². The molecular formula is C24H39N3O. The molecule has 0 N–H and O–H groups in total. The first-order chi connectivity index (χ1) is 13.5. The molecule has 1 amide bonds. The van der Waals surface area contributed by atoms with Crippen molar-refractivity contribution in [3.05, 3.63) is 35.9 Å². The van der Waals surface area contributed by atoms with Crippen molar-refractivity contribution in [2.75, 3.05) is 46.3 Å². The number of hydrogen-bond acceptors (Lipinski definition) is 3. The van der Waals surface area contributed by atoms with Crippen molar-refractivity contribution in [3.8, 4) is 0 Å². The molecule has 2 aliphatic heterocycles. The Morgan fingerprint density at radius 2 is 1.82 bits per heavy atom. The molecule has 156 valence electrons. The highest BCUT2D eigenvalue weighted by Crippen LogP contribution is 2.25. The molecule has 1 aromatic carbocycles. The van der Waals surface area contributed by atoms with Crippen molar-refractivity contribution in [2.45, 2.75) is 52.0 Å². The number of nitrogens with zero attached hydrogens (tertiary/aromatic N) is 3. The second-order valence-corrected chi connectivity index (χ2v) is 9.26. The smallest absolute Gasteiger partial charge is 0.226 e. The van der Waals surface area contributed by atoms with E-state index in [0.717, 1.165) is 32.5 Å². The zero-order valence-electron chi connectivity index (χ0n) is 18.1. The highest BCUT2D eigenvalue weighted by Gasteiger charge is 2.32. The van der Waals surface area contributed by atoms with Gasteiger partial charge < -0.3 is 9.80 Å². The molecule has 4 heteroatoms. The predicted octanol–water partition coefficient (Wildman–Crippen LogP) is 3.52. The fourth-order valence-electron chi connectivity index (χ4n) is 4.93. The number of hydrogen-bond donors (Lipinski definition) is 0. The lowest BCUT2D eigenvalue weighted by Gasteiger charge is -2.42. The third-order valence-corrected chi connectivity index (χ3v) is 6.45. The Bertz CT molecular complexity index is 595. The van der Waals surface area contributed by atoms with Gasteiger partial charge in [-0.15, -0.1) is 0 Å². The average Bonchev–Trinajstić information content (AvgIpc) is 2.72. The van der Waals surface area contributed by atoms with E-state index in [4.69, 9.17) is 0 Å². The number of carbonyl (C=O) groups excluding carboxylic acids is 1. The van der Waals surface area contributed by atoms with E-state index in [9.17, 15) is 4.79 Å². The van der Waals surface area contributed by atoms with E-state index in [0.29, 0.717) is 17.9 Å². The highest BCUT2D eigenvalue weighted by molar-refractivity contribution is 5.78. The van der Waals surface area contributed by atoms with Crippen LogP contribution in [-0.4, -0.2) is 73.0 Å². The molecule has 2 heterocycles. The van der Waals surface area contributed by atoms with Crippen LogP contribution < -0.4 is 0 Å². The lowest BCUT2D eigenvalue weighted by atomic mass is 9.92. The minimum Gasteiger partial charge on any atom is -0.345 e. The lowest BCUT2D eigenvalue weighted by molar-refractivity contribution is -0.137. The summed E-state index contributed by atoms with van der Waals surface area (Å²) in [5.74, 6) is 1.10. The van der Waals surface area contributed by atoms with E-state index >= 15 is 0 Å². The van der Waals surface area contributed by atoms with Crippen LogP contribution in [-0.2, 0) is 11.2 Å². The van der Waals surface area contributed by atoms with Crippen LogP contribution in [0, 0.1) is 11.8 Å². The van der Waals surface area contributed by atoms with E-state index in [1.807, 2.05) is 11.9 Å². The summed E-state index contributed by atoms with van der Waals surface area (Å²) in [4.78, 5) is 20.0. The maximum absolute atomic E-state index is 12.8. The third-order valence-electron chi connectivity index (χ3n) is 6.45. The minimum atomic E-state index is 0.202. The fourth-order valence-corrected chi connectivity index (χ4v) is 4.93.